The summed E-state index contributed by atoms with van der Waals surface area (Å²) in [5, 5.41) is 0. The first-order valence-electron chi connectivity index (χ1n) is 5.65. The molecule has 17 heavy (non-hydrogen) atoms. The zero-order valence-corrected chi connectivity index (χ0v) is 11.4. The third-order valence-electron chi connectivity index (χ3n) is 3.35. The fraction of sp³-hybridized carbons (Fsp3) is 0.900. The molecule has 0 aromatic carbocycles. The molecule has 2 atom stereocenters. The Morgan fingerprint density at radius 1 is 1.24 bits per heavy atom. The molecule has 2 fully saturated rings. The second kappa shape index (κ2) is 4.91. The standard InChI is InChI=1S/C10H14F3IN2O/c11-10(12,13)4-3-9(17)16-7-1-2-8(16)6-15(14)5-7/h7-8H,1-6H2. The monoisotopic (exact) mass is 362 g/mol. The van der Waals surface area contributed by atoms with Crippen molar-refractivity contribution in [2.45, 2.75) is 43.9 Å². The smallest absolute Gasteiger partial charge is 0.334 e. The van der Waals surface area contributed by atoms with Crippen molar-refractivity contribution in [1.29, 1.82) is 0 Å². The quantitative estimate of drug-likeness (QED) is 0.556. The van der Waals surface area contributed by atoms with Crippen LogP contribution in [0.3, 0.4) is 0 Å². The van der Waals surface area contributed by atoms with Crippen LogP contribution in [0, 0.1) is 0 Å². The first-order chi connectivity index (χ1) is 7.87. The number of amides is 1. The predicted octanol–water partition coefficient (Wildman–Crippen LogP) is 2.35. The van der Waals surface area contributed by atoms with Crippen molar-refractivity contribution in [1.82, 2.24) is 8.01 Å². The van der Waals surface area contributed by atoms with E-state index in [1.165, 1.54) is 0 Å². The third-order valence-corrected chi connectivity index (χ3v) is 4.14. The minimum absolute atomic E-state index is 0.117. The van der Waals surface area contributed by atoms with Crippen LogP contribution in [-0.4, -0.2) is 45.3 Å². The van der Waals surface area contributed by atoms with Gasteiger partial charge in [-0.2, -0.15) is 13.2 Å². The van der Waals surface area contributed by atoms with Crippen molar-refractivity contribution >= 4 is 28.8 Å². The van der Waals surface area contributed by atoms with Crippen molar-refractivity contribution in [2.75, 3.05) is 13.1 Å². The number of nitrogens with zero attached hydrogens (tertiary/aromatic N) is 2. The Labute approximate surface area is 112 Å². The van der Waals surface area contributed by atoms with E-state index >= 15 is 0 Å². The average Bonchev–Trinajstić information content (AvgIpc) is 2.47. The minimum Gasteiger partial charge on any atom is -0.334 e. The van der Waals surface area contributed by atoms with Crippen molar-refractivity contribution in [3.05, 3.63) is 0 Å². The summed E-state index contributed by atoms with van der Waals surface area (Å²) in [5.74, 6) is -0.334. The number of carbonyl (C=O) groups is 1. The van der Waals surface area contributed by atoms with E-state index in [4.69, 9.17) is 0 Å². The van der Waals surface area contributed by atoms with Gasteiger partial charge in [0.1, 0.15) is 0 Å². The van der Waals surface area contributed by atoms with Crippen molar-refractivity contribution in [3.8, 4) is 0 Å². The van der Waals surface area contributed by atoms with Gasteiger partial charge < -0.3 is 4.90 Å². The summed E-state index contributed by atoms with van der Waals surface area (Å²) >= 11 is 2.21. The van der Waals surface area contributed by atoms with Gasteiger partial charge in [-0.05, 0) is 12.8 Å². The van der Waals surface area contributed by atoms with Crippen LogP contribution >= 0.6 is 22.9 Å². The number of hydrogen-bond acceptors (Lipinski definition) is 2. The van der Waals surface area contributed by atoms with Crippen LogP contribution in [0.25, 0.3) is 0 Å². The lowest BCUT2D eigenvalue weighted by Gasteiger charge is -2.38. The highest BCUT2D eigenvalue weighted by Gasteiger charge is 2.42. The minimum atomic E-state index is -4.24. The zero-order valence-electron chi connectivity index (χ0n) is 9.21. The Kier molecular flexibility index (Phi) is 3.86. The topological polar surface area (TPSA) is 23.6 Å². The summed E-state index contributed by atoms with van der Waals surface area (Å²) in [4.78, 5) is 13.5. The maximum Gasteiger partial charge on any atom is 0.389 e. The average molecular weight is 362 g/mol. The highest BCUT2D eigenvalue weighted by Crippen LogP contribution is 2.33. The Hall–Kier alpha value is -0.0500. The molecule has 1 amide bonds. The summed E-state index contributed by atoms with van der Waals surface area (Å²) in [7, 11) is 0. The van der Waals surface area contributed by atoms with Crippen molar-refractivity contribution in [3.63, 3.8) is 0 Å². The molecule has 2 bridgehead atoms. The molecular weight excluding hydrogens is 348 g/mol. The molecule has 0 aliphatic carbocycles. The molecule has 0 radical (unpaired) electrons. The van der Waals surface area contributed by atoms with Crippen LogP contribution in [0.4, 0.5) is 13.2 Å². The lowest BCUT2D eigenvalue weighted by Crippen LogP contribution is -2.53. The Morgan fingerprint density at radius 3 is 2.24 bits per heavy atom. The molecule has 98 valence electrons. The molecule has 2 aliphatic heterocycles. The van der Waals surface area contributed by atoms with Crippen LogP contribution in [-0.2, 0) is 4.79 Å². The fourth-order valence-corrected chi connectivity index (χ4v) is 3.55. The number of alkyl halides is 3. The second-order valence-electron chi connectivity index (χ2n) is 4.63. The van der Waals surface area contributed by atoms with Gasteiger partial charge in [-0.1, -0.05) is 0 Å². The molecule has 7 heteroatoms. The summed E-state index contributed by atoms with van der Waals surface area (Å²) in [6, 6.07) is 0.234. The van der Waals surface area contributed by atoms with Crippen molar-refractivity contribution < 1.29 is 18.0 Å². The van der Waals surface area contributed by atoms with Gasteiger partial charge in [-0.3, -0.25) is 4.79 Å². The molecule has 2 unspecified atom stereocenters. The molecule has 0 aromatic rings. The van der Waals surface area contributed by atoms with E-state index in [0.29, 0.717) is 0 Å². The van der Waals surface area contributed by atoms with Gasteiger partial charge in [0, 0.05) is 54.5 Å². The molecule has 3 nitrogen and oxygen atoms in total. The van der Waals surface area contributed by atoms with E-state index in [9.17, 15) is 18.0 Å². The third kappa shape index (κ3) is 3.24. The summed E-state index contributed by atoms with van der Waals surface area (Å²) in [6.45, 7) is 1.55. The van der Waals surface area contributed by atoms with Gasteiger partial charge in [-0.25, -0.2) is 3.11 Å². The molecule has 0 saturated carbocycles. The van der Waals surface area contributed by atoms with E-state index in [1.807, 2.05) is 0 Å². The second-order valence-corrected chi connectivity index (χ2v) is 5.99. The number of halogens is 4. The number of carbonyl (C=O) groups excluding carboxylic acids is 1. The van der Waals surface area contributed by atoms with E-state index in [2.05, 4.69) is 26.0 Å². The van der Waals surface area contributed by atoms with Gasteiger partial charge in [0.25, 0.3) is 0 Å². The summed E-state index contributed by atoms with van der Waals surface area (Å²) < 4.78 is 38.3. The highest BCUT2D eigenvalue weighted by atomic mass is 127. The SMILES string of the molecule is O=C(CCC(F)(F)F)N1C2CCC1CN(I)C2. The van der Waals surface area contributed by atoms with Gasteiger partial charge in [0.2, 0.25) is 5.91 Å². The van der Waals surface area contributed by atoms with Crippen LogP contribution in [0.15, 0.2) is 0 Å². The van der Waals surface area contributed by atoms with Crippen molar-refractivity contribution in [2.24, 2.45) is 0 Å². The molecule has 2 heterocycles. The predicted molar refractivity (Wildman–Crippen MR) is 64.5 cm³/mol. The van der Waals surface area contributed by atoms with E-state index in [0.717, 1.165) is 25.9 Å². The summed E-state index contributed by atoms with van der Waals surface area (Å²) in [5.41, 5.74) is 0. The molecule has 2 aliphatic rings. The Bertz CT molecular complexity index is 296. The lowest BCUT2D eigenvalue weighted by molar-refractivity contribution is -0.151. The number of hydrogen-bond donors (Lipinski definition) is 0. The summed E-state index contributed by atoms with van der Waals surface area (Å²) in [6.07, 6.45) is -3.81. The molecular formula is C10H14F3IN2O. The maximum atomic E-state index is 12.1. The van der Waals surface area contributed by atoms with Crippen LogP contribution in [0.5, 0.6) is 0 Å². The van der Waals surface area contributed by atoms with E-state index in [1.54, 1.807) is 4.90 Å². The number of fused-ring (bicyclic) bond motifs is 2. The van der Waals surface area contributed by atoms with Gasteiger partial charge in [0.15, 0.2) is 0 Å². The Morgan fingerprint density at radius 2 is 1.76 bits per heavy atom. The maximum absolute atomic E-state index is 12.1. The molecule has 0 spiro atoms. The van der Waals surface area contributed by atoms with Crippen LogP contribution in [0.1, 0.15) is 25.7 Å². The normalized spacial score (nSPS) is 29.8. The van der Waals surface area contributed by atoms with E-state index < -0.39 is 19.0 Å². The van der Waals surface area contributed by atoms with Gasteiger partial charge in [0.05, 0.1) is 6.42 Å². The molecule has 2 saturated heterocycles. The van der Waals surface area contributed by atoms with Crippen LogP contribution < -0.4 is 0 Å². The fourth-order valence-electron chi connectivity index (χ4n) is 2.64. The van der Waals surface area contributed by atoms with Crippen LogP contribution in [0.2, 0.25) is 0 Å². The van der Waals surface area contributed by atoms with Gasteiger partial charge >= 0.3 is 6.18 Å². The highest BCUT2D eigenvalue weighted by molar-refractivity contribution is 14.1. The number of piperazine rings is 1. The molecule has 2 rings (SSSR count). The first-order valence-corrected chi connectivity index (χ1v) is 6.62. The lowest BCUT2D eigenvalue weighted by atomic mass is 10.2. The Balaban J connectivity index is 1.92. The molecule has 0 aromatic heterocycles. The number of rotatable bonds is 2. The molecule has 0 N–H and O–H groups in total. The first kappa shape index (κ1) is 13.4. The van der Waals surface area contributed by atoms with Gasteiger partial charge in [-0.15, -0.1) is 0 Å². The van der Waals surface area contributed by atoms with E-state index in [-0.39, 0.29) is 18.0 Å². The largest absolute Gasteiger partial charge is 0.389 e. The zero-order chi connectivity index (χ0) is 12.6.